The zero-order valence-electron chi connectivity index (χ0n) is 6.59. The highest BCUT2D eigenvalue weighted by Crippen LogP contribution is 2.47. The average Bonchev–Trinajstić information content (AvgIpc) is 2.58. The molecule has 2 aliphatic heterocycles. The Kier molecular flexibility index (Phi) is 1.50. The zero-order chi connectivity index (χ0) is 7.19. The molecule has 2 fully saturated rings. The van der Waals surface area contributed by atoms with Gasteiger partial charge >= 0.3 is 0 Å². The number of hydrogen-bond acceptors (Lipinski definition) is 2. The van der Waals surface area contributed by atoms with Gasteiger partial charge in [0, 0.05) is 10.7 Å². The molecule has 0 saturated carbocycles. The van der Waals surface area contributed by atoms with E-state index >= 15 is 0 Å². The van der Waals surface area contributed by atoms with Crippen LogP contribution in [-0.4, -0.2) is 23.2 Å². The van der Waals surface area contributed by atoms with Crippen LogP contribution < -0.4 is 0 Å². The van der Waals surface area contributed by atoms with Crippen LogP contribution in [0.25, 0.3) is 0 Å². The first-order chi connectivity index (χ1) is 4.70. The Labute approximate surface area is 66.5 Å². The maximum atomic E-state index is 5.31. The SMILES string of the molecule is CC1(C)SCCC1C1CO1. The molecule has 0 aromatic rings. The first-order valence-electron chi connectivity index (χ1n) is 3.96. The Balaban J connectivity index is 2.05. The van der Waals surface area contributed by atoms with Gasteiger partial charge in [-0.25, -0.2) is 0 Å². The molecule has 1 nitrogen and oxygen atoms in total. The van der Waals surface area contributed by atoms with Gasteiger partial charge in [0.05, 0.1) is 12.7 Å². The van der Waals surface area contributed by atoms with Crippen LogP contribution in [0, 0.1) is 5.92 Å². The van der Waals surface area contributed by atoms with Gasteiger partial charge in [0.15, 0.2) is 0 Å². The van der Waals surface area contributed by atoms with E-state index in [1.165, 1.54) is 12.2 Å². The van der Waals surface area contributed by atoms with Crippen molar-refractivity contribution in [3.63, 3.8) is 0 Å². The number of thioether (sulfide) groups is 1. The van der Waals surface area contributed by atoms with E-state index in [4.69, 9.17) is 4.74 Å². The second-order valence-corrected chi connectivity index (χ2v) is 5.47. The first kappa shape index (κ1) is 6.99. The minimum atomic E-state index is 0.487. The van der Waals surface area contributed by atoms with Gasteiger partial charge in [0.2, 0.25) is 0 Å². The lowest BCUT2D eigenvalue weighted by Gasteiger charge is -2.23. The van der Waals surface area contributed by atoms with Crippen LogP contribution in [0.5, 0.6) is 0 Å². The van der Waals surface area contributed by atoms with Crippen molar-refractivity contribution in [2.45, 2.75) is 31.1 Å². The number of hydrogen-bond donors (Lipinski definition) is 0. The molecule has 2 heteroatoms. The highest BCUT2D eigenvalue weighted by molar-refractivity contribution is 8.00. The molecule has 2 saturated heterocycles. The Bertz CT molecular complexity index is 140. The van der Waals surface area contributed by atoms with Crippen molar-refractivity contribution >= 4 is 11.8 Å². The van der Waals surface area contributed by atoms with Gasteiger partial charge in [-0.3, -0.25) is 0 Å². The molecule has 0 aromatic heterocycles. The van der Waals surface area contributed by atoms with Crippen LogP contribution in [0.1, 0.15) is 20.3 Å². The summed E-state index contributed by atoms with van der Waals surface area (Å²) in [4.78, 5) is 0. The van der Waals surface area contributed by atoms with E-state index in [-0.39, 0.29) is 0 Å². The van der Waals surface area contributed by atoms with E-state index in [0.717, 1.165) is 12.5 Å². The van der Waals surface area contributed by atoms with Crippen molar-refractivity contribution < 1.29 is 4.74 Å². The molecule has 2 atom stereocenters. The largest absolute Gasteiger partial charge is 0.373 e. The van der Waals surface area contributed by atoms with Gasteiger partial charge in [-0.2, -0.15) is 11.8 Å². The number of epoxide rings is 1. The summed E-state index contributed by atoms with van der Waals surface area (Å²) in [6, 6.07) is 0. The van der Waals surface area contributed by atoms with Crippen LogP contribution in [0.4, 0.5) is 0 Å². The van der Waals surface area contributed by atoms with Crippen LogP contribution in [0.2, 0.25) is 0 Å². The second-order valence-electron chi connectivity index (χ2n) is 3.72. The third kappa shape index (κ3) is 1.08. The molecule has 2 aliphatic rings. The van der Waals surface area contributed by atoms with E-state index in [1.807, 2.05) is 0 Å². The molecule has 10 heavy (non-hydrogen) atoms. The van der Waals surface area contributed by atoms with Crippen LogP contribution in [0.15, 0.2) is 0 Å². The van der Waals surface area contributed by atoms with E-state index in [0.29, 0.717) is 10.9 Å². The van der Waals surface area contributed by atoms with Gasteiger partial charge in [-0.15, -0.1) is 0 Å². The fourth-order valence-corrected chi connectivity index (χ4v) is 3.21. The molecule has 2 rings (SSSR count). The summed E-state index contributed by atoms with van der Waals surface area (Å²) in [6.07, 6.45) is 1.98. The molecule has 2 unspecified atom stereocenters. The maximum Gasteiger partial charge on any atom is 0.0851 e. The Morgan fingerprint density at radius 3 is 2.60 bits per heavy atom. The van der Waals surface area contributed by atoms with Crippen LogP contribution >= 0.6 is 11.8 Å². The van der Waals surface area contributed by atoms with E-state index < -0.39 is 0 Å². The zero-order valence-corrected chi connectivity index (χ0v) is 7.41. The summed E-state index contributed by atoms with van der Waals surface area (Å²) in [7, 11) is 0. The van der Waals surface area contributed by atoms with E-state index in [2.05, 4.69) is 25.6 Å². The van der Waals surface area contributed by atoms with Crippen molar-refractivity contribution in [1.82, 2.24) is 0 Å². The average molecular weight is 158 g/mol. The molecule has 0 amide bonds. The van der Waals surface area contributed by atoms with E-state index in [1.54, 1.807) is 0 Å². The standard InChI is InChI=1S/C8H14OS/c1-8(2)6(3-4-10-8)7-5-9-7/h6-7H,3-5H2,1-2H3. The highest BCUT2D eigenvalue weighted by atomic mass is 32.2. The lowest BCUT2D eigenvalue weighted by molar-refractivity contribution is 0.296. The van der Waals surface area contributed by atoms with Gasteiger partial charge < -0.3 is 4.74 Å². The lowest BCUT2D eigenvalue weighted by atomic mass is 9.90. The predicted octanol–water partition coefficient (Wildman–Crippen LogP) is 1.92. The van der Waals surface area contributed by atoms with Crippen molar-refractivity contribution in [2.75, 3.05) is 12.4 Å². The molecule has 0 N–H and O–H groups in total. The molecular formula is C8H14OS. The maximum absolute atomic E-state index is 5.31. The summed E-state index contributed by atoms with van der Waals surface area (Å²) < 4.78 is 5.80. The van der Waals surface area contributed by atoms with Crippen molar-refractivity contribution in [1.29, 1.82) is 0 Å². The number of rotatable bonds is 1. The van der Waals surface area contributed by atoms with Crippen molar-refractivity contribution in [2.24, 2.45) is 5.92 Å². The predicted molar refractivity (Wildman–Crippen MR) is 44.4 cm³/mol. The first-order valence-corrected chi connectivity index (χ1v) is 4.94. The Hall–Kier alpha value is 0.310. The van der Waals surface area contributed by atoms with Gasteiger partial charge in [0.1, 0.15) is 0 Å². The van der Waals surface area contributed by atoms with Crippen LogP contribution in [-0.2, 0) is 4.74 Å². The highest BCUT2D eigenvalue weighted by Gasteiger charge is 2.45. The molecule has 0 aromatic carbocycles. The minimum absolute atomic E-state index is 0.487. The normalized spacial score (nSPS) is 43.8. The summed E-state index contributed by atoms with van der Waals surface area (Å²) in [6.45, 7) is 5.71. The smallest absolute Gasteiger partial charge is 0.0851 e. The summed E-state index contributed by atoms with van der Waals surface area (Å²) in [5.41, 5.74) is 0. The fraction of sp³-hybridized carbons (Fsp3) is 1.00. The molecular weight excluding hydrogens is 144 g/mol. The quantitative estimate of drug-likeness (QED) is 0.541. The third-order valence-corrected chi connectivity index (χ3v) is 4.09. The topological polar surface area (TPSA) is 12.5 Å². The fourth-order valence-electron chi connectivity index (χ4n) is 1.83. The third-order valence-electron chi connectivity index (χ3n) is 2.60. The van der Waals surface area contributed by atoms with Gasteiger partial charge in [-0.05, 0) is 12.2 Å². The lowest BCUT2D eigenvalue weighted by Crippen LogP contribution is -2.26. The molecule has 0 aliphatic carbocycles. The van der Waals surface area contributed by atoms with E-state index in [9.17, 15) is 0 Å². The van der Waals surface area contributed by atoms with Gasteiger partial charge in [-0.1, -0.05) is 13.8 Å². The van der Waals surface area contributed by atoms with Crippen molar-refractivity contribution in [3.8, 4) is 0 Å². The second kappa shape index (κ2) is 2.15. The molecule has 0 radical (unpaired) electrons. The van der Waals surface area contributed by atoms with Crippen LogP contribution in [0.3, 0.4) is 0 Å². The summed E-state index contributed by atoms with van der Waals surface area (Å²) in [5.74, 6) is 2.16. The molecule has 0 bridgehead atoms. The Morgan fingerprint density at radius 1 is 1.50 bits per heavy atom. The molecule has 0 spiro atoms. The van der Waals surface area contributed by atoms with Gasteiger partial charge in [0.25, 0.3) is 0 Å². The monoisotopic (exact) mass is 158 g/mol. The summed E-state index contributed by atoms with van der Waals surface area (Å²) >= 11 is 2.10. The molecule has 2 heterocycles. The number of ether oxygens (including phenoxy) is 1. The molecule has 58 valence electrons. The minimum Gasteiger partial charge on any atom is -0.373 e. The Morgan fingerprint density at radius 2 is 2.20 bits per heavy atom. The summed E-state index contributed by atoms with van der Waals surface area (Å²) in [5, 5.41) is 0. The van der Waals surface area contributed by atoms with Crippen molar-refractivity contribution in [3.05, 3.63) is 0 Å².